The molecule has 0 bridgehead atoms. The van der Waals surface area contributed by atoms with Crippen molar-refractivity contribution in [2.75, 3.05) is 0 Å². The van der Waals surface area contributed by atoms with Crippen LogP contribution in [0, 0.1) is 11.3 Å². The Labute approximate surface area is 246 Å². The maximum absolute atomic E-state index is 10.3. The summed E-state index contributed by atoms with van der Waals surface area (Å²) in [6.07, 6.45) is 5.82. The van der Waals surface area contributed by atoms with E-state index in [2.05, 4.69) is 108 Å². The lowest BCUT2D eigenvalue weighted by atomic mass is 9.98. The molecule has 0 unspecified atom stereocenters. The second-order valence-electron chi connectivity index (χ2n) is 10.4. The van der Waals surface area contributed by atoms with Crippen molar-refractivity contribution in [1.82, 2.24) is 4.57 Å². The second-order valence-corrected chi connectivity index (χ2v) is 11.5. The van der Waals surface area contributed by atoms with E-state index in [1.807, 2.05) is 25.1 Å². The molecule has 3 heterocycles. The van der Waals surface area contributed by atoms with Crippen LogP contribution in [0.15, 0.2) is 114 Å². The van der Waals surface area contributed by atoms with E-state index >= 15 is 0 Å². The Morgan fingerprint density at radius 1 is 0.762 bits per heavy atom. The van der Waals surface area contributed by atoms with E-state index in [-0.39, 0.29) is 0 Å². The normalized spacial score (nSPS) is 11.9. The first-order valence-corrected chi connectivity index (χ1v) is 14.7. The molecule has 42 heavy (non-hydrogen) atoms. The molecule has 0 N–H and O–H groups in total. The van der Waals surface area contributed by atoms with E-state index in [0.29, 0.717) is 5.56 Å². The van der Waals surface area contributed by atoms with Gasteiger partial charge in [-0.25, -0.2) is 0 Å². The lowest BCUT2D eigenvalue weighted by Gasteiger charge is -2.09. The molecule has 4 heteroatoms. The smallest absolute Gasteiger partial charge is 0.135 e. The maximum Gasteiger partial charge on any atom is 0.135 e. The molecule has 0 aliphatic heterocycles. The van der Waals surface area contributed by atoms with Gasteiger partial charge in [-0.15, -0.1) is 11.3 Å². The van der Waals surface area contributed by atoms with Gasteiger partial charge < -0.3 is 8.98 Å². The number of allylic oxidation sites excluding steroid dienone is 1. The number of hydrogen-bond acceptors (Lipinski definition) is 3. The molecule has 3 nitrogen and oxygen atoms in total. The zero-order valence-electron chi connectivity index (χ0n) is 22.9. The third kappa shape index (κ3) is 3.44. The van der Waals surface area contributed by atoms with Crippen molar-refractivity contribution < 1.29 is 4.42 Å². The standard InChI is InChI=1S/C38H24N2OS/c1-3-10-28-30-20-23(17-18-36(30)41-35(28)4-2)24-19-25(22-39)37-31(21-24)29-13-9-16-34(38(29)42-37)40-32-14-7-5-11-26(32)27-12-6-8-15-33(27)40/h3-21H,2H2,1H3/b10-3-. The van der Waals surface area contributed by atoms with Crippen LogP contribution in [0.25, 0.3) is 81.9 Å². The fraction of sp³-hybridized carbons (Fsp3) is 0.0263. The number of aromatic nitrogens is 1. The summed E-state index contributed by atoms with van der Waals surface area (Å²) in [4.78, 5) is 0. The van der Waals surface area contributed by atoms with Crippen molar-refractivity contribution in [2.45, 2.75) is 6.92 Å². The zero-order chi connectivity index (χ0) is 28.4. The Kier molecular flexibility index (Phi) is 5.43. The molecule has 0 aliphatic carbocycles. The molecule has 3 aromatic heterocycles. The lowest BCUT2D eigenvalue weighted by Crippen LogP contribution is -1.93. The topological polar surface area (TPSA) is 41.9 Å². The summed E-state index contributed by atoms with van der Waals surface area (Å²) in [5.41, 5.74) is 8.05. The SMILES string of the molecule is C=Cc1oc2ccc(-c3cc(C#N)c4sc5c(-n6c7ccccc7c7ccccc76)cccc5c4c3)cc2c1/C=C\C. The van der Waals surface area contributed by atoms with Crippen molar-refractivity contribution in [3.8, 4) is 22.9 Å². The summed E-state index contributed by atoms with van der Waals surface area (Å²) in [7, 11) is 0. The van der Waals surface area contributed by atoms with E-state index in [0.717, 1.165) is 54.6 Å². The minimum atomic E-state index is 0.685. The molecular formula is C38H24N2OS. The summed E-state index contributed by atoms with van der Waals surface area (Å²) in [6, 6.07) is 36.6. The summed E-state index contributed by atoms with van der Waals surface area (Å²) < 4.78 is 10.6. The molecule has 5 aromatic carbocycles. The van der Waals surface area contributed by atoms with Crippen LogP contribution in [0.5, 0.6) is 0 Å². The first-order chi connectivity index (χ1) is 20.7. The number of nitriles is 1. The Morgan fingerprint density at radius 2 is 1.48 bits per heavy atom. The number of benzene rings is 5. The first kappa shape index (κ1) is 24.4. The average Bonchev–Trinajstić information content (AvgIpc) is 3.70. The van der Waals surface area contributed by atoms with Crippen LogP contribution in [-0.4, -0.2) is 4.57 Å². The van der Waals surface area contributed by atoms with Crippen LogP contribution in [0.2, 0.25) is 0 Å². The molecule has 0 amide bonds. The Morgan fingerprint density at radius 3 is 2.19 bits per heavy atom. The third-order valence-electron chi connectivity index (χ3n) is 8.13. The van der Waals surface area contributed by atoms with Crippen molar-refractivity contribution in [1.29, 1.82) is 5.26 Å². The number of nitrogens with zero attached hydrogens (tertiary/aromatic N) is 2. The minimum Gasteiger partial charge on any atom is -0.456 e. The van der Waals surface area contributed by atoms with Gasteiger partial charge in [0.25, 0.3) is 0 Å². The number of thiophene rings is 1. The highest BCUT2D eigenvalue weighted by atomic mass is 32.1. The summed E-state index contributed by atoms with van der Waals surface area (Å²) in [6.45, 7) is 5.92. The van der Waals surface area contributed by atoms with Crippen LogP contribution in [0.3, 0.4) is 0 Å². The molecule has 0 aliphatic rings. The Bertz CT molecular complexity index is 2410. The highest BCUT2D eigenvalue weighted by Crippen LogP contribution is 2.43. The first-order valence-electron chi connectivity index (χ1n) is 13.9. The molecule has 0 atom stereocenters. The number of rotatable bonds is 4. The van der Waals surface area contributed by atoms with Gasteiger partial charge in [0, 0.05) is 32.5 Å². The summed E-state index contributed by atoms with van der Waals surface area (Å²) >= 11 is 1.70. The summed E-state index contributed by atoms with van der Waals surface area (Å²) in [5.74, 6) is 0.759. The van der Waals surface area contributed by atoms with Crippen LogP contribution in [0.1, 0.15) is 23.8 Å². The highest BCUT2D eigenvalue weighted by Gasteiger charge is 2.19. The van der Waals surface area contributed by atoms with Crippen LogP contribution in [-0.2, 0) is 0 Å². The summed E-state index contributed by atoms with van der Waals surface area (Å²) in [5, 5.41) is 16.1. The number of fused-ring (bicyclic) bond motifs is 7. The van der Waals surface area contributed by atoms with Gasteiger partial charge in [-0.1, -0.05) is 73.3 Å². The minimum absolute atomic E-state index is 0.685. The number of para-hydroxylation sites is 2. The maximum atomic E-state index is 10.3. The van der Waals surface area contributed by atoms with Crippen molar-refractivity contribution >= 4 is 76.4 Å². The van der Waals surface area contributed by atoms with Crippen LogP contribution >= 0.6 is 11.3 Å². The zero-order valence-corrected chi connectivity index (χ0v) is 23.7. The number of hydrogen-bond donors (Lipinski definition) is 0. The van der Waals surface area contributed by atoms with E-state index in [1.165, 1.54) is 26.5 Å². The predicted octanol–water partition coefficient (Wildman–Crippen LogP) is 11.1. The molecule has 0 spiro atoms. The average molecular weight is 557 g/mol. The fourth-order valence-electron chi connectivity index (χ4n) is 6.30. The van der Waals surface area contributed by atoms with Gasteiger partial charge in [0.05, 0.1) is 31.7 Å². The lowest BCUT2D eigenvalue weighted by molar-refractivity contribution is 0.603. The number of furan rings is 1. The van der Waals surface area contributed by atoms with Crippen LogP contribution in [0.4, 0.5) is 0 Å². The van der Waals surface area contributed by atoms with Gasteiger partial charge in [0.15, 0.2) is 0 Å². The largest absolute Gasteiger partial charge is 0.456 e. The Balaban J connectivity index is 1.40. The van der Waals surface area contributed by atoms with E-state index < -0.39 is 0 Å². The highest BCUT2D eigenvalue weighted by molar-refractivity contribution is 7.26. The molecule has 8 aromatic rings. The quantitative estimate of drug-likeness (QED) is 0.216. The molecule has 0 saturated carbocycles. The van der Waals surface area contributed by atoms with Gasteiger partial charge in [-0.3, -0.25) is 0 Å². The monoisotopic (exact) mass is 556 g/mol. The van der Waals surface area contributed by atoms with Gasteiger partial charge in [-0.05, 0) is 66.6 Å². The third-order valence-corrected chi connectivity index (χ3v) is 9.40. The van der Waals surface area contributed by atoms with E-state index in [4.69, 9.17) is 4.42 Å². The van der Waals surface area contributed by atoms with Gasteiger partial charge >= 0.3 is 0 Å². The van der Waals surface area contributed by atoms with Crippen LogP contribution < -0.4 is 0 Å². The van der Waals surface area contributed by atoms with Gasteiger partial charge in [-0.2, -0.15) is 5.26 Å². The van der Waals surface area contributed by atoms with Crippen molar-refractivity contribution in [3.63, 3.8) is 0 Å². The molecular weight excluding hydrogens is 532 g/mol. The molecule has 8 rings (SSSR count). The van der Waals surface area contributed by atoms with E-state index in [9.17, 15) is 5.26 Å². The molecule has 198 valence electrons. The van der Waals surface area contributed by atoms with Crippen molar-refractivity contribution in [3.05, 3.63) is 127 Å². The molecule has 0 radical (unpaired) electrons. The molecule has 0 saturated heterocycles. The van der Waals surface area contributed by atoms with Gasteiger partial charge in [0.1, 0.15) is 17.4 Å². The second kappa shape index (κ2) is 9.34. The molecule has 0 fully saturated rings. The predicted molar refractivity (Wildman–Crippen MR) is 178 cm³/mol. The van der Waals surface area contributed by atoms with Gasteiger partial charge in [0.2, 0.25) is 0 Å². The Hall–Kier alpha value is -5.37. The van der Waals surface area contributed by atoms with E-state index in [1.54, 1.807) is 17.4 Å². The fourth-order valence-corrected chi connectivity index (χ4v) is 7.55. The van der Waals surface area contributed by atoms with Crippen molar-refractivity contribution in [2.24, 2.45) is 0 Å².